The average molecular weight is 468 g/mol. The second kappa shape index (κ2) is 11.7. The maximum Gasteiger partial charge on any atom is 0.308 e. The van der Waals surface area contributed by atoms with Crippen LogP contribution in [0.1, 0.15) is 41.2 Å². The minimum absolute atomic E-state index is 0.362. The van der Waals surface area contributed by atoms with Gasteiger partial charge in [-0.05, 0) is 71.8 Å². The lowest BCUT2D eigenvalue weighted by molar-refractivity contribution is -0.132. The first-order valence-corrected chi connectivity index (χ1v) is 12.1. The summed E-state index contributed by atoms with van der Waals surface area (Å²) in [6, 6.07) is 23.2. The number of nitrogens with zero attached hydrogens (tertiary/aromatic N) is 1. The highest BCUT2D eigenvalue weighted by Gasteiger charge is 2.17. The van der Waals surface area contributed by atoms with Gasteiger partial charge in [0.2, 0.25) is 0 Å². The number of likely N-dealkylation sites (N-methyl/N-ethyl adjacent to an activating group) is 1. The normalized spacial score (nSPS) is 12.7. The fraction of sp³-hybridized carbons (Fsp3) is 0.258. The number of benzene rings is 3. The number of methoxy groups -OCH3 is 1. The summed E-state index contributed by atoms with van der Waals surface area (Å²) in [6.07, 6.45) is 9.76. The van der Waals surface area contributed by atoms with E-state index in [4.69, 9.17) is 9.47 Å². The molecule has 1 aliphatic carbocycles. The topological polar surface area (TPSA) is 38.8 Å². The van der Waals surface area contributed by atoms with E-state index in [0.29, 0.717) is 11.5 Å². The highest BCUT2D eigenvalue weighted by molar-refractivity contribution is 5.83. The lowest BCUT2D eigenvalue weighted by atomic mass is 9.93. The third-order valence-electron chi connectivity index (χ3n) is 6.31. The van der Waals surface area contributed by atoms with Crippen LogP contribution in [0.5, 0.6) is 11.5 Å². The van der Waals surface area contributed by atoms with E-state index in [-0.39, 0.29) is 5.97 Å². The minimum Gasteiger partial charge on any atom is -0.493 e. The van der Waals surface area contributed by atoms with Gasteiger partial charge in [-0.15, -0.1) is 0 Å². The number of fused-ring (bicyclic) bond motifs is 2. The molecule has 0 saturated heterocycles. The molecule has 35 heavy (non-hydrogen) atoms. The van der Waals surface area contributed by atoms with Crippen LogP contribution in [-0.4, -0.2) is 38.1 Å². The predicted molar refractivity (Wildman–Crippen MR) is 143 cm³/mol. The summed E-state index contributed by atoms with van der Waals surface area (Å²) in [7, 11) is 3.71. The van der Waals surface area contributed by atoms with Crippen LogP contribution < -0.4 is 9.47 Å². The largest absolute Gasteiger partial charge is 0.493 e. The Morgan fingerprint density at radius 2 is 1.60 bits per heavy atom. The maximum atomic E-state index is 11.2. The van der Waals surface area contributed by atoms with E-state index in [9.17, 15) is 4.79 Å². The van der Waals surface area contributed by atoms with Crippen molar-refractivity contribution in [1.29, 1.82) is 0 Å². The fourth-order valence-corrected chi connectivity index (χ4v) is 4.55. The predicted octanol–water partition coefficient (Wildman–Crippen LogP) is 6.19. The molecular weight excluding hydrogens is 434 g/mol. The van der Waals surface area contributed by atoms with E-state index in [1.807, 2.05) is 12.1 Å². The van der Waals surface area contributed by atoms with Crippen LogP contribution in [0.3, 0.4) is 0 Å². The molecular formula is C31H33NO3. The lowest BCUT2D eigenvalue weighted by Gasteiger charge is -2.15. The van der Waals surface area contributed by atoms with Crippen molar-refractivity contribution in [1.82, 2.24) is 4.90 Å². The van der Waals surface area contributed by atoms with Crippen LogP contribution in [0.2, 0.25) is 0 Å². The van der Waals surface area contributed by atoms with Gasteiger partial charge in [-0.25, -0.2) is 0 Å². The summed E-state index contributed by atoms with van der Waals surface area (Å²) in [5, 5.41) is 0. The van der Waals surface area contributed by atoms with Gasteiger partial charge in [-0.3, -0.25) is 4.79 Å². The van der Waals surface area contributed by atoms with Crippen molar-refractivity contribution in [2.45, 2.75) is 26.2 Å². The van der Waals surface area contributed by atoms with Gasteiger partial charge in [0.15, 0.2) is 11.5 Å². The number of hydrogen-bond donors (Lipinski definition) is 0. The van der Waals surface area contributed by atoms with E-state index in [2.05, 4.69) is 78.7 Å². The number of ether oxygens (including phenoxy) is 2. The summed E-state index contributed by atoms with van der Waals surface area (Å²) in [6.45, 7) is 3.18. The van der Waals surface area contributed by atoms with Crippen molar-refractivity contribution in [3.63, 3.8) is 0 Å². The lowest BCUT2D eigenvalue weighted by Crippen LogP contribution is -2.19. The van der Waals surface area contributed by atoms with Crippen molar-refractivity contribution in [3.05, 3.63) is 107 Å². The number of rotatable bonds is 8. The van der Waals surface area contributed by atoms with Crippen LogP contribution in [0.25, 0.3) is 11.6 Å². The Labute approximate surface area is 208 Å². The molecule has 0 atom stereocenters. The molecule has 0 saturated carbocycles. The third-order valence-corrected chi connectivity index (χ3v) is 6.31. The van der Waals surface area contributed by atoms with Gasteiger partial charge in [0.25, 0.3) is 0 Å². The van der Waals surface area contributed by atoms with Gasteiger partial charge in [0, 0.05) is 20.0 Å². The highest BCUT2D eigenvalue weighted by Crippen LogP contribution is 2.33. The Morgan fingerprint density at radius 3 is 2.23 bits per heavy atom. The van der Waals surface area contributed by atoms with E-state index in [0.717, 1.165) is 37.9 Å². The minimum atomic E-state index is -0.362. The van der Waals surface area contributed by atoms with Gasteiger partial charge in [-0.1, -0.05) is 72.8 Å². The first-order chi connectivity index (χ1) is 17.0. The van der Waals surface area contributed by atoms with Crippen molar-refractivity contribution in [2.75, 3.05) is 27.2 Å². The Hall–Kier alpha value is -3.63. The molecule has 3 aromatic rings. The molecule has 1 aliphatic rings. The molecule has 0 aromatic heterocycles. The Morgan fingerprint density at radius 1 is 0.943 bits per heavy atom. The molecule has 0 radical (unpaired) electrons. The van der Waals surface area contributed by atoms with Gasteiger partial charge in [0.05, 0.1) is 7.11 Å². The summed E-state index contributed by atoms with van der Waals surface area (Å²) in [4.78, 5) is 13.5. The summed E-state index contributed by atoms with van der Waals surface area (Å²) in [5.41, 5.74) is 7.96. The van der Waals surface area contributed by atoms with Crippen molar-refractivity contribution < 1.29 is 14.3 Å². The number of aryl methyl sites for hydroxylation is 2. The van der Waals surface area contributed by atoms with Crippen molar-refractivity contribution in [2.24, 2.45) is 0 Å². The van der Waals surface area contributed by atoms with Crippen LogP contribution in [-0.2, 0) is 17.6 Å². The first kappa shape index (κ1) is 24.5. The standard InChI is InChI=1S/C31H33NO3/c1-23(33)35-30-19-16-24(22-31(30)34-3)10-8-20-32(2)21-9-15-29-27-13-6-4-11-25(27)17-18-26-12-5-7-14-28(26)29/h4-8,10-16,19,22H,9,17-18,20-21H2,1-3H3/b10-8+. The zero-order valence-electron chi connectivity index (χ0n) is 20.8. The molecule has 0 spiro atoms. The quantitative estimate of drug-likeness (QED) is 0.293. The monoisotopic (exact) mass is 467 g/mol. The average Bonchev–Trinajstić information content (AvgIpc) is 3.02. The summed E-state index contributed by atoms with van der Waals surface area (Å²) < 4.78 is 10.5. The smallest absolute Gasteiger partial charge is 0.308 e. The van der Waals surface area contributed by atoms with Crippen LogP contribution in [0.4, 0.5) is 0 Å². The molecule has 3 aromatic carbocycles. The van der Waals surface area contributed by atoms with Crippen LogP contribution in [0, 0.1) is 0 Å². The molecule has 0 unspecified atom stereocenters. The highest BCUT2D eigenvalue weighted by atomic mass is 16.6. The molecule has 0 bridgehead atoms. The first-order valence-electron chi connectivity index (χ1n) is 12.1. The van der Waals surface area contributed by atoms with Gasteiger partial charge >= 0.3 is 5.97 Å². The molecule has 0 fully saturated rings. The van der Waals surface area contributed by atoms with Crippen molar-refractivity contribution in [3.8, 4) is 11.5 Å². The zero-order valence-corrected chi connectivity index (χ0v) is 20.8. The van der Waals surface area contributed by atoms with Crippen LogP contribution >= 0.6 is 0 Å². The molecule has 0 amide bonds. The number of esters is 1. The number of carbonyl (C=O) groups excluding carboxylic acids is 1. The van der Waals surface area contributed by atoms with E-state index in [1.54, 1.807) is 13.2 Å². The zero-order chi connectivity index (χ0) is 24.6. The Balaban J connectivity index is 1.40. The molecule has 0 aliphatic heterocycles. The van der Waals surface area contributed by atoms with E-state index >= 15 is 0 Å². The molecule has 0 N–H and O–H groups in total. The molecule has 4 nitrogen and oxygen atoms in total. The molecule has 180 valence electrons. The van der Waals surface area contributed by atoms with E-state index < -0.39 is 0 Å². The SMILES string of the molecule is COc1cc(/C=C/CN(C)CCC=C2c3ccccc3CCc3ccccc32)ccc1OC(C)=O. The molecule has 0 heterocycles. The second-order valence-corrected chi connectivity index (χ2v) is 8.89. The second-order valence-electron chi connectivity index (χ2n) is 8.89. The number of carbonyl (C=O) groups is 1. The molecule has 4 rings (SSSR count). The van der Waals surface area contributed by atoms with Gasteiger partial charge < -0.3 is 14.4 Å². The van der Waals surface area contributed by atoms with E-state index in [1.165, 1.54) is 34.8 Å². The number of hydrogen-bond acceptors (Lipinski definition) is 4. The maximum absolute atomic E-state index is 11.2. The van der Waals surface area contributed by atoms with Crippen molar-refractivity contribution >= 4 is 17.6 Å². The summed E-state index contributed by atoms with van der Waals surface area (Å²) >= 11 is 0. The molecule has 4 heteroatoms. The fourth-order valence-electron chi connectivity index (χ4n) is 4.55. The summed E-state index contributed by atoms with van der Waals surface area (Å²) in [5.74, 6) is 0.620. The van der Waals surface area contributed by atoms with Gasteiger partial charge in [0.1, 0.15) is 0 Å². The van der Waals surface area contributed by atoms with Crippen LogP contribution in [0.15, 0.2) is 78.9 Å². The third kappa shape index (κ3) is 6.28. The Kier molecular flexibility index (Phi) is 8.17. The Bertz CT molecular complexity index is 1190. The van der Waals surface area contributed by atoms with Gasteiger partial charge in [-0.2, -0.15) is 0 Å².